The van der Waals surface area contributed by atoms with E-state index in [2.05, 4.69) is 143 Å². The molecule has 29 heavy (non-hydrogen) atoms. The van der Waals surface area contributed by atoms with E-state index in [1.807, 2.05) is 0 Å². The molecule has 0 bridgehead atoms. The van der Waals surface area contributed by atoms with E-state index in [9.17, 15) is 0 Å². The van der Waals surface area contributed by atoms with Gasteiger partial charge in [0.05, 0.1) is 0 Å². The summed E-state index contributed by atoms with van der Waals surface area (Å²) in [5.74, 6) is 0. The second-order valence-corrected chi connectivity index (χ2v) is 27.7. The third kappa shape index (κ3) is 4.14. The van der Waals surface area contributed by atoms with Crippen molar-refractivity contribution >= 4 is 43.0 Å². The van der Waals surface area contributed by atoms with Crippen LogP contribution in [0, 0.1) is 0 Å². The molecule has 4 aromatic rings. The molecule has 3 heteroatoms. The summed E-state index contributed by atoms with van der Waals surface area (Å²) in [6, 6.07) is 42.3. The van der Waals surface area contributed by atoms with Crippen molar-refractivity contribution in [1.29, 1.82) is 0 Å². The Labute approximate surface area is 181 Å². The fourth-order valence-corrected chi connectivity index (χ4v) is 30.1. The molecule has 0 atom stereocenters. The summed E-state index contributed by atoms with van der Waals surface area (Å²) >= 11 is -3.55. The monoisotopic (exact) mass is 591 g/mol. The molecule has 0 saturated heterocycles. The van der Waals surface area contributed by atoms with E-state index in [0.29, 0.717) is 0 Å². The van der Waals surface area contributed by atoms with Gasteiger partial charge in [0.2, 0.25) is 0 Å². The van der Waals surface area contributed by atoms with Gasteiger partial charge in [-0.25, -0.2) is 0 Å². The average molecular weight is 591 g/mol. The Balaban J connectivity index is 2.01. The minimum absolute atomic E-state index is 1.28. The summed E-state index contributed by atoms with van der Waals surface area (Å²) in [5, 5.41) is 0. The van der Waals surface area contributed by atoms with Gasteiger partial charge in [0, 0.05) is 0 Å². The maximum absolute atomic E-state index is 3.55. The molecule has 1 nitrogen and oxygen atoms in total. The van der Waals surface area contributed by atoms with Crippen molar-refractivity contribution in [3.8, 4) is 0 Å². The van der Waals surface area contributed by atoms with Gasteiger partial charge in [0.1, 0.15) is 0 Å². The van der Waals surface area contributed by atoms with Gasteiger partial charge in [-0.2, -0.15) is 0 Å². The zero-order chi connectivity index (χ0) is 20.1. The number of hydrogen-bond donors (Lipinski definition) is 0. The second kappa shape index (κ2) is 9.18. The topological polar surface area (TPSA) is 3.24 Å². The van der Waals surface area contributed by atoms with Gasteiger partial charge in [-0.1, -0.05) is 0 Å². The van der Waals surface area contributed by atoms with Crippen LogP contribution in [0.1, 0.15) is 0 Å². The molecule has 0 spiro atoms. The van der Waals surface area contributed by atoms with E-state index in [4.69, 9.17) is 0 Å². The van der Waals surface area contributed by atoms with Gasteiger partial charge < -0.3 is 0 Å². The van der Waals surface area contributed by atoms with Crippen LogP contribution in [0.4, 0.5) is 5.69 Å². The molecule has 0 N–H and O–H groups in total. The van der Waals surface area contributed by atoms with Gasteiger partial charge in [0.15, 0.2) is 0 Å². The van der Waals surface area contributed by atoms with E-state index in [1.165, 1.54) is 20.0 Å². The predicted octanol–water partition coefficient (Wildman–Crippen LogP) is 4.51. The predicted molar refractivity (Wildman–Crippen MR) is 131 cm³/mol. The van der Waals surface area contributed by atoms with E-state index < -0.39 is 19.7 Å². The average Bonchev–Trinajstić information content (AvgIpc) is 2.79. The van der Waals surface area contributed by atoms with Gasteiger partial charge in [0.25, 0.3) is 0 Å². The zero-order valence-electron chi connectivity index (χ0n) is 16.8. The third-order valence-electron chi connectivity index (χ3n) is 5.15. The number of benzene rings is 4. The second-order valence-electron chi connectivity index (χ2n) is 7.24. The number of para-hydroxylation sites is 1. The number of nitrogens with zero attached hydrogens (tertiary/aromatic N) is 1. The van der Waals surface area contributed by atoms with Crippen molar-refractivity contribution in [3.63, 3.8) is 0 Å². The SMILES string of the molecule is CN(C)c1ccccc1[S][Pb]([c]1ccccc1)([c]1ccccc1)[c]1ccccc1. The molecular weight excluding hydrogens is 566 g/mol. The van der Waals surface area contributed by atoms with E-state index in [-0.39, 0.29) is 0 Å². The first-order valence-corrected chi connectivity index (χ1v) is 21.2. The van der Waals surface area contributed by atoms with Crippen molar-refractivity contribution in [2.45, 2.75) is 4.90 Å². The Morgan fingerprint density at radius 3 is 1.31 bits per heavy atom. The Morgan fingerprint density at radius 1 is 0.517 bits per heavy atom. The molecule has 0 aromatic heterocycles. The van der Waals surface area contributed by atoms with Crippen LogP contribution < -0.4 is 14.3 Å². The van der Waals surface area contributed by atoms with Crippen LogP contribution >= 0.6 is 8.31 Å². The molecule has 4 aromatic carbocycles. The van der Waals surface area contributed by atoms with Crippen molar-refractivity contribution < 1.29 is 0 Å². The molecule has 0 saturated carbocycles. The summed E-state index contributed by atoms with van der Waals surface area (Å²) in [7, 11) is 6.39. The summed E-state index contributed by atoms with van der Waals surface area (Å²) in [5.41, 5.74) is 1.28. The molecule has 144 valence electrons. The van der Waals surface area contributed by atoms with Gasteiger partial charge >= 0.3 is 182 Å². The van der Waals surface area contributed by atoms with Crippen molar-refractivity contribution in [3.05, 3.63) is 115 Å². The number of rotatable bonds is 6. The molecule has 0 fully saturated rings. The number of hydrogen-bond acceptors (Lipinski definition) is 2. The van der Waals surface area contributed by atoms with Crippen LogP contribution in [0.2, 0.25) is 0 Å². The Bertz CT molecular complexity index is 953. The van der Waals surface area contributed by atoms with Crippen molar-refractivity contribution in [2.75, 3.05) is 19.0 Å². The molecule has 0 heterocycles. The van der Waals surface area contributed by atoms with Crippen LogP contribution in [0.25, 0.3) is 0 Å². The van der Waals surface area contributed by atoms with Gasteiger partial charge in [-0.3, -0.25) is 0 Å². The summed E-state index contributed by atoms with van der Waals surface area (Å²) in [6.45, 7) is 0. The van der Waals surface area contributed by atoms with Crippen molar-refractivity contribution in [1.82, 2.24) is 0 Å². The van der Waals surface area contributed by atoms with E-state index in [0.717, 1.165) is 0 Å². The molecule has 0 aliphatic heterocycles. The minimum atomic E-state index is -3.55. The third-order valence-corrected chi connectivity index (χ3v) is 31.7. The molecule has 4 rings (SSSR count). The summed E-state index contributed by atoms with van der Waals surface area (Å²) in [4.78, 5) is 3.58. The molecule has 0 amide bonds. The van der Waals surface area contributed by atoms with Gasteiger partial charge in [-0.05, 0) is 0 Å². The van der Waals surface area contributed by atoms with Crippen molar-refractivity contribution in [2.24, 2.45) is 0 Å². The van der Waals surface area contributed by atoms with E-state index in [1.54, 1.807) is 0 Å². The molecule has 0 aliphatic rings. The standard InChI is InChI=1S/C8H11NS.3C6H5.Pb/c1-9(2)7-5-3-4-6-8(7)10;3*1-2-4-6-5-3-1;/h3-6,10H,1-2H3;3*1-5H;/q;;;;+1/p-1. The molecule has 0 unspecified atom stereocenters. The van der Waals surface area contributed by atoms with Crippen LogP contribution in [-0.2, 0) is 0 Å². The Kier molecular flexibility index (Phi) is 6.41. The molecule has 0 aliphatic carbocycles. The van der Waals surface area contributed by atoms with Crippen LogP contribution in [0.15, 0.2) is 120 Å². The normalized spacial score (nSPS) is 11.2. The number of anilines is 1. The van der Waals surface area contributed by atoms with E-state index >= 15 is 0 Å². The summed E-state index contributed by atoms with van der Waals surface area (Å²) < 4.78 is 4.49. The van der Waals surface area contributed by atoms with Crippen LogP contribution in [0.3, 0.4) is 0 Å². The first-order chi connectivity index (χ1) is 14.2. The maximum atomic E-state index is 2.34. The Morgan fingerprint density at radius 2 is 0.897 bits per heavy atom. The first kappa shape index (κ1) is 20.2. The summed E-state index contributed by atoms with van der Waals surface area (Å²) in [6.07, 6.45) is 0. The quantitative estimate of drug-likeness (QED) is 0.304. The fraction of sp³-hybridized carbons (Fsp3) is 0.0769. The molecular formula is C26H25NPbS. The zero-order valence-corrected chi connectivity index (χ0v) is 21.5. The van der Waals surface area contributed by atoms with Crippen LogP contribution in [0.5, 0.6) is 0 Å². The first-order valence-electron chi connectivity index (χ1n) is 9.84. The van der Waals surface area contributed by atoms with Crippen LogP contribution in [-0.4, -0.2) is 33.8 Å². The molecule has 0 radical (unpaired) electrons. The van der Waals surface area contributed by atoms with Gasteiger partial charge in [-0.15, -0.1) is 0 Å². The Hall–Kier alpha value is -2.05. The fourth-order valence-electron chi connectivity index (χ4n) is 3.77.